The van der Waals surface area contributed by atoms with Crippen molar-refractivity contribution in [2.75, 3.05) is 38.6 Å². The molecule has 0 amide bonds. The van der Waals surface area contributed by atoms with E-state index in [4.69, 9.17) is 14.2 Å². The molecular weight excluding hydrogens is 506 g/mol. The summed E-state index contributed by atoms with van der Waals surface area (Å²) in [4.78, 5) is 16.7. The first kappa shape index (κ1) is 30.3. The quantitative estimate of drug-likeness (QED) is 0.161. The lowest BCUT2D eigenvalue weighted by Crippen LogP contribution is -2.37. The Kier molecular flexibility index (Phi) is 11.3. The van der Waals surface area contributed by atoms with E-state index in [0.717, 1.165) is 62.8 Å². The highest BCUT2D eigenvalue weighted by molar-refractivity contribution is 8.03. The zero-order valence-corrected chi connectivity index (χ0v) is 25.0. The lowest BCUT2D eigenvalue weighted by molar-refractivity contribution is -0.134. The zero-order chi connectivity index (χ0) is 25.7. The first-order chi connectivity index (χ1) is 17.3. The van der Waals surface area contributed by atoms with Crippen LogP contribution in [0.1, 0.15) is 96.6 Å². The Bertz CT molecular complexity index is 957. The number of nitrogens with zero attached hydrogens (tertiary/aromatic N) is 1. The molecule has 5 nitrogen and oxygen atoms in total. The Balaban J connectivity index is 0.00000380. The number of rotatable bonds is 11. The number of hydrogen-bond donors (Lipinski definition) is 0. The van der Waals surface area contributed by atoms with Crippen LogP contribution in [0.4, 0.5) is 0 Å². The Labute approximate surface area is 234 Å². The van der Waals surface area contributed by atoms with E-state index in [1.807, 2.05) is 11.8 Å². The van der Waals surface area contributed by atoms with E-state index in [1.165, 1.54) is 41.7 Å². The molecule has 0 radical (unpaired) electrons. The first-order valence-corrected chi connectivity index (χ1v) is 15.0. The number of unbranched alkanes of at least 4 members (excludes halogenated alkanes) is 2. The number of esters is 1. The molecule has 3 aliphatic rings. The molecule has 208 valence electrons. The van der Waals surface area contributed by atoms with Crippen LogP contribution in [0.5, 0.6) is 11.5 Å². The second-order valence-corrected chi connectivity index (χ2v) is 12.3. The summed E-state index contributed by atoms with van der Waals surface area (Å²) in [5.74, 6) is 3.39. The van der Waals surface area contributed by atoms with Gasteiger partial charge in [0.15, 0.2) is 0 Å². The molecule has 2 atom stereocenters. The van der Waals surface area contributed by atoms with Crippen LogP contribution in [0.3, 0.4) is 0 Å². The molecule has 0 bridgehead atoms. The smallest absolute Gasteiger partial charge is 0.311 e. The predicted octanol–water partition coefficient (Wildman–Crippen LogP) is 7.47. The SMILES string of the molecule is CCCCCC(C)C(C)c1cc(OC(=O)CCCN2CCOCC2)c2c(c1)OC(C)(C)C1=C2CCS1.Cl. The second-order valence-electron chi connectivity index (χ2n) is 11.2. The number of benzene rings is 1. The van der Waals surface area contributed by atoms with Crippen molar-refractivity contribution in [2.24, 2.45) is 5.92 Å². The van der Waals surface area contributed by atoms with E-state index in [9.17, 15) is 4.79 Å². The summed E-state index contributed by atoms with van der Waals surface area (Å²) in [5, 5.41) is 0. The highest BCUT2D eigenvalue weighted by Crippen LogP contribution is 2.54. The standard InChI is InChI=1S/C30H45NO4S.ClH/c1-6-7-8-10-21(2)22(3)23-19-25(34-27(32)11-9-13-31-14-16-33-17-15-31)28-24-12-18-36-29(24)30(4,5)35-26(28)20-23;/h19-22H,6-18H2,1-5H3;1H. The molecule has 0 aliphatic carbocycles. The fraction of sp³-hybridized carbons (Fsp3) is 0.700. The number of halogens is 1. The maximum absolute atomic E-state index is 13.0. The van der Waals surface area contributed by atoms with Gasteiger partial charge in [0, 0.05) is 30.2 Å². The Morgan fingerprint density at radius 2 is 1.92 bits per heavy atom. The van der Waals surface area contributed by atoms with Gasteiger partial charge < -0.3 is 14.2 Å². The average Bonchev–Trinajstić information content (AvgIpc) is 3.35. The van der Waals surface area contributed by atoms with Crippen molar-refractivity contribution in [3.05, 3.63) is 28.2 Å². The molecule has 7 heteroatoms. The van der Waals surface area contributed by atoms with Gasteiger partial charge in [0.05, 0.1) is 18.8 Å². The molecule has 3 aliphatic heterocycles. The zero-order valence-electron chi connectivity index (χ0n) is 23.4. The molecule has 1 saturated heterocycles. The van der Waals surface area contributed by atoms with Gasteiger partial charge >= 0.3 is 5.97 Å². The molecule has 1 aromatic rings. The van der Waals surface area contributed by atoms with Gasteiger partial charge in [0.25, 0.3) is 0 Å². The summed E-state index contributed by atoms with van der Waals surface area (Å²) in [6, 6.07) is 4.36. The van der Waals surface area contributed by atoms with E-state index in [1.54, 1.807) is 0 Å². The number of hydrogen-bond acceptors (Lipinski definition) is 6. The van der Waals surface area contributed by atoms with Crippen molar-refractivity contribution >= 4 is 35.7 Å². The Morgan fingerprint density at radius 1 is 1.16 bits per heavy atom. The number of carbonyl (C=O) groups excluding carboxylic acids is 1. The fourth-order valence-corrected chi connectivity index (χ4v) is 6.90. The first-order valence-electron chi connectivity index (χ1n) is 14.0. The molecule has 2 unspecified atom stereocenters. The number of carbonyl (C=O) groups is 1. The number of morpholine rings is 1. The maximum Gasteiger partial charge on any atom is 0.311 e. The Hall–Kier alpha value is -1.21. The highest BCUT2D eigenvalue weighted by Gasteiger charge is 2.40. The van der Waals surface area contributed by atoms with Crippen LogP contribution in [0.15, 0.2) is 17.0 Å². The van der Waals surface area contributed by atoms with Gasteiger partial charge in [-0.1, -0.05) is 46.5 Å². The van der Waals surface area contributed by atoms with E-state index in [-0.39, 0.29) is 24.0 Å². The van der Waals surface area contributed by atoms with Gasteiger partial charge in [0.2, 0.25) is 0 Å². The van der Waals surface area contributed by atoms with Crippen LogP contribution in [-0.4, -0.2) is 55.1 Å². The number of thioether (sulfide) groups is 1. The summed E-state index contributed by atoms with van der Waals surface area (Å²) in [6.45, 7) is 15.6. The largest absolute Gasteiger partial charge is 0.482 e. The lowest BCUT2D eigenvalue weighted by atomic mass is 9.83. The molecule has 0 spiro atoms. The number of ether oxygens (including phenoxy) is 3. The van der Waals surface area contributed by atoms with E-state index >= 15 is 0 Å². The molecule has 0 N–H and O–H groups in total. The molecule has 1 fully saturated rings. The monoisotopic (exact) mass is 551 g/mol. The summed E-state index contributed by atoms with van der Waals surface area (Å²) < 4.78 is 18.2. The van der Waals surface area contributed by atoms with Gasteiger partial charge in [-0.05, 0) is 68.3 Å². The van der Waals surface area contributed by atoms with Crippen LogP contribution >= 0.6 is 24.2 Å². The normalized spacial score (nSPS) is 20.4. The molecule has 0 aromatic heterocycles. The molecule has 1 aromatic carbocycles. The van der Waals surface area contributed by atoms with Gasteiger partial charge in [-0.25, -0.2) is 0 Å². The third kappa shape index (κ3) is 7.46. The third-order valence-corrected chi connectivity index (χ3v) is 9.43. The highest BCUT2D eigenvalue weighted by atomic mass is 35.5. The summed E-state index contributed by atoms with van der Waals surface area (Å²) in [7, 11) is 0. The summed E-state index contributed by atoms with van der Waals surface area (Å²) >= 11 is 1.88. The minimum atomic E-state index is -0.350. The van der Waals surface area contributed by atoms with E-state index < -0.39 is 0 Å². The molecule has 3 heterocycles. The molecule has 4 rings (SSSR count). The van der Waals surface area contributed by atoms with Crippen molar-refractivity contribution in [1.29, 1.82) is 0 Å². The van der Waals surface area contributed by atoms with Crippen LogP contribution in [0.2, 0.25) is 0 Å². The van der Waals surface area contributed by atoms with Crippen molar-refractivity contribution in [2.45, 2.75) is 91.1 Å². The summed E-state index contributed by atoms with van der Waals surface area (Å²) in [5.41, 5.74) is 3.17. The Morgan fingerprint density at radius 3 is 2.65 bits per heavy atom. The number of fused-ring (bicyclic) bond motifs is 2. The topological polar surface area (TPSA) is 48.0 Å². The summed E-state index contributed by atoms with van der Waals surface area (Å²) in [6.07, 6.45) is 7.20. The van der Waals surface area contributed by atoms with Crippen molar-refractivity contribution in [1.82, 2.24) is 4.90 Å². The van der Waals surface area contributed by atoms with Crippen molar-refractivity contribution in [3.8, 4) is 11.5 Å². The predicted molar refractivity (Wildman–Crippen MR) is 156 cm³/mol. The van der Waals surface area contributed by atoms with Crippen molar-refractivity contribution < 1.29 is 19.0 Å². The average molecular weight is 552 g/mol. The number of allylic oxidation sites excluding steroid dienone is 1. The molecular formula is C30H46ClNO4S. The third-order valence-electron chi connectivity index (χ3n) is 8.00. The van der Waals surface area contributed by atoms with E-state index in [2.05, 4.69) is 51.7 Å². The van der Waals surface area contributed by atoms with Gasteiger partial charge in [-0.2, -0.15) is 0 Å². The molecule has 37 heavy (non-hydrogen) atoms. The van der Waals surface area contributed by atoms with E-state index in [0.29, 0.717) is 24.0 Å². The minimum Gasteiger partial charge on any atom is -0.482 e. The van der Waals surface area contributed by atoms with Crippen LogP contribution in [0.25, 0.3) is 5.57 Å². The van der Waals surface area contributed by atoms with Crippen molar-refractivity contribution in [3.63, 3.8) is 0 Å². The molecule has 0 saturated carbocycles. The fourth-order valence-electron chi connectivity index (χ4n) is 5.62. The van der Waals surface area contributed by atoms with Gasteiger partial charge in [-0.3, -0.25) is 9.69 Å². The van der Waals surface area contributed by atoms with Crippen LogP contribution in [-0.2, 0) is 9.53 Å². The van der Waals surface area contributed by atoms with Crippen LogP contribution in [0, 0.1) is 5.92 Å². The second kappa shape index (κ2) is 13.7. The van der Waals surface area contributed by atoms with Crippen LogP contribution < -0.4 is 9.47 Å². The van der Waals surface area contributed by atoms with Gasteiger partial charge in [-0.15, -0.1) is 24.2 Å². The lowest BCUT2D eigenvalue weighted by Gasteiger charge is -2.35. The maximum atomic E-state index is 13.0. The minimum absolute atomic E-state index is 0. The van der Waals surface area contributed by atoms with Gasteiger partial charge in [0.1, 0.15) is 17.1 Å².